The summed E-state index contributed by atoms with van der Waals surface area (Å²) in [6.45, 7) is 1.26. The summed E-state index contributed by atoms with van der Waals surface area (Å²) < 4.78 is 10.3. The zero-order valence-electron chi connectivity index (χ0n) is 12.7. The van der Waals surface area contributed by atoms with Crippen molar-refractivity contribution in [3.63, 3.8) is 0 Å². The first kappa shape index (κ1) is 15.7. The van der Waals surface area contributed by atoms with Crippen LogP contribution in [0.3, 0.4) is 0 Å². The van der Waals surface area contributed by atoms with Crippen molar-refractivity contribution in [2.24, 2.45) is 0 Å². The zero-order chi connectivity index (χ0) is 16.1. The molecule has 6 nitrogen and oxygen atoms in total. The molecule has 0 aliphatic carbocycles. The van der Waals surface area contributed by atoms with Crippen LogP contribution in [0.1, 0.15) is 36.2 Å². The predicted molar refractivity (Wildman–Crippen MR) is 85.1 cm³/mol. The van der Waals surface area contributed by atoms with Crippen LogP contribution < -0.4 is 0 Å². The fourth-order valence-electron chi connectivity index (χ4n) is 2.49. The number of carbonyl (C=O) groups excluding carboxylic acids is 2. The maximum atomic E-state index is 12.1. The van der Waals surface area contributed by atoms with Gasteiger partial charge in [0.2, 0.25) is 0 Å². The molecule has 1 aliphatic heterocycles. The maximum Gasteiger partial charge on any atom is 0.358 e. The molecule has 2 aromatic heterocycles. The van der Waals surface area contributed by atoms with Gasteiger partial charge in [-0.1, -0.05) is 12.8 Å². The summed E-state index contributed by atoms with van der Waals surface area (Å²) in [6.07, 6.45) is 5.88. The lowest BCUT2D eigenvalue weighted by Gasteiger charge is -2.19. The van der Waals surface area contributed by atoms with E-state index < -0.39 is 5.97 Å². The van der Waals surface area contributed by atoms with Crippen molar-refractivity contribution < 1.29 is 18.7 Å². The van der Waals surface area contributed by atoms with E-state index in [1.54, 1.807) is 28.7 Å². The Morgan fingerprint density at radius 3 is 2.74 bits per heavy atom. The summed E-state index contributed by atoms with van der Waals surface area (Å²) in [5.41, 5.74) is 0.199. The van der Waals surface area contributed by atoms with Crippen molar-refractivity contribution in [2.75, 3.05) is 19.7 Å². The number of likely N-dealkylation sites (tertiary alicyclic amines) is 1. The number of ether oxygens (including phenoxy) is 1. The number of hydrogen-bond acceptors (Lipinski definition) is 6. The van der Waals surface area contributed by atoms with Gasteiger partial charge in [0, 0.05) is 18.5 Å². The van der Waals surface area contributed by atoms with Crippen LogP contribution in [0.15, 0.2) is 28.2 Å². The van der Waals surface area contributed by atoms with Crippen LogP contribution >= 0.6 is 11.3 Å². The summed E-state index contributed by atoms with van der Waals surface area (Å²) in [7, 11) is 0. The third kappa shape index (κ3) is 3.98. The second-order valence-electron chi connectivity index (χ2n) is 5.39. The van der Waals surface area contributed by atoms with Crippen molar-refractivity contribution in [1.29, 1.82) is 0 Å². The van der Waals surface area contributed by atoms with Crippen LogP contribution in [0.2, 0.25) is 0 Å². The highest BCUT2D eigenvalue weighted by molar-refractivity contribution is 7.13. The van der Waals surface area contributed by atoms with Gasteiger partial charge in [-0.2, -0.15) is 0 Å². The van der Waals surface area contributed by atoms with E-state index in [0.717, 1.165) is 38.8 Å². The third-order valence-corrected chi connectivity index (χ3v) is 4.59. The number of amides is 1. The SMILES string of the molecule is O=C(OCC(=O)N1CCCCCC1)c1csc(-c2ccco2)n1. The summed E-state index contributed by atoms with van der Waals surface area (Å²) >= 11 is 1.30. The molecule has 0 atom stereocenters. The molecule has 1 aliphatic rings. The highest BCUT2D eigenvalue weighted by Crippen LogP contribution is 2.24. The van der Waals surface area contributed by atoms with Gasteiger partial charge < -0.3 is 14.1 Å². The van der Waals surface area contributed by atoms with Gasteiger partial charge >= 0.3 is 5.97 Å². The fraction of sp³-hybridized carbons (Fsp3) is 0.438. The Bertz CT molecular complexity index is 657. The quantitative estimate of drug-likeness (QED) is 0.804. The molecule has 2 aromatic rings. The van der Waals surface area contributed by atoms with Crippen molar-refractivity contribution in [2.45, 2.75) is 25.7 Å². The van der Waals surface area contributed by atoms with Crippen LogP contribution in [0, 0.1) is 0 Å². The third-order valence-electron chi connectivity index (χ3n) is 3.73. The summed E-state index contributed by atoms with van der Waals surface area (Å²) in [6, 6.07) is 3.53. The average Bonchev–Trinajstić information content (AvgIpc) is 3.18. The molecule has 0 bridgehead atoms. The number of thiazole rings is 1. The highest BCUT2D eigenvalue weighted by Gasteiger charge is 2.19. The van der Waals surface area contributed by atoms with E-state index >= 15 is 0 Å². The Balaban J connectivity index is 1.54. The number of nitrogens with zero attached hydrogens (tertiary/aromatic N) is 2. The van der Waals surface area contributed by atoms with Gasteiger partial charge in [-0.25, -0.2) is 9.78 Å². The number of esters is 1. The normalized spacial score (nSPS) is 15.2. The zero-order valence-corrected chi connectivity index (χ0v) is 13.5. The van der Waals surface area contributed by atoms with Gasteiger partial charge in [0.05, 0.1) is 6.26 Å². The van der Waals surface area contributed by atoms with Crippen LogP contribution in [0.5, 0.6) is 0 Å². The molecule has 23 heavy (non-hydrogen) atoms. The molecule has 3 rings (SSSR count). The molecule has 3 heterocycles. The molecular weight excluding hydrogens is 316 g/mol. The lowest BCUT2D eigenvalue weighted by Crippen LogP contribution is -2.35. The van der Waals surface area contributed by atoms with E-state index in [-0.39, 0.29) is 18.2 Å². The lowest BCUT2D eigenvalue weighted by atomic mass is 10.2. The number of carbonyl (C=O) groups is 2. The van der Waals surface area contributed by atoms with E-state index in [1.807, 2.05) is 0 Å². The van der Waals surface area contributed by atoms with Crippen LogP contribution in [-0.2, 0) is 9.53 Å². The molecule has 0 radical (unpaired) electrons. The second kappa shape index (κ2) is 7.41. The highest BCUT2D eigenvalue weighted by atomic mass is 32.1. The van der Waals surface area contributed by atoms with Crippen molar-refractivity contribution >= 4 is 23.2 Å². The Morgan fingerprint density at radius 1 is 1.26 bits per heavy atom. The first-order chi connectivity index (χ1) is 11.2. The Hall–Kier alpha value is -2.15. The molecule has 1 fully saturated rings. The molecule has 0 N–H and O–H groups in total. The minimum Gasteiger partial charge on any atom is -0.462 e. The maximum absolute atomic E-state index is 12.1. The van der Waals surface area contributed by atoms with Gasteiger partial charge in [-0.15, -0.1) is 11.3 Å². The van der Waals surface area contributed by atoms with Gasteiger partial charge in [0.15, 0.2) is 23.1 Å². The number of aromatic nitrogens is 1. The Kier molecular flexibility index (Phi) is 5.07. The molecule has 122 valence electrons. The van der Waals surface area contributed by atoms with Crippen molar-refractivity contribution in [3.8, 4) is 10.8 Å². The van der Waals surface area contributed by atoms with Gasteiger partial charge in [0.25, 0.3) is 5.91 Å². The molecule has 0 spiro atoms. The molecule has 7 heteroatoms. The van der Waals surface area contributed by atoms with E-state index in [2.05, 4.69) is 4.98 Å². The summed E-state index contributed by atoms with van der Waals surface area (Å²) in [5.74, 6) is -0.112. The standard InChI is InChI=1S/C16H18N2O4S/c19-14(18-7-3-1-2-4-8-18)10-22-16(20)12-11-23-15(17-12)13-6-5-9-21-13/h5-6,9,11H,1-4,7-8,10H2. The summed E-state index contributed by atoms with van der Waals surface area (Å²) in [5, 5.41) is 2.22. The van der Waals surface area contributed by atoms with Crippen LogP contribution in [0.4, 0.5) is 0 Å². The van der Waals surface area contributed by atoms with Gasteiger partial charge in [0.1, 0.15) is 0 Å². The van der Waals surface area contributed by atoms with E-state index in [9.17, 15) is 9.59 Å². The van der Waals surface area contributed by atoms with Crippen molar-refractivity contribution in [1.82, 2.24) is 9.88 Å². The van der Waals surface area contributed by atoms with E-state index in [4.69, 9.17) is 9.15 Å². The fourth-order valence-corrected chi connectivity index (χ4v) is 3.25. The lowest BCUT2D eigenvalue weighted by molar-refractivity contribution is -0.134. The van der Waals surface area contributed by atoms with E-state index in [0.29, 0.717) is 10.8 Å². The predicted octanol–water partition coefficient (Wildman–Crippen LogP) is 2.96. The van der Waals surface area contributed by atoms with E-state index in [1.165, 1.54) is 11.3 Å². The number of furan rings is 1. The molecule has 0 saturated carbocycles. The largest absolute Gasteiger partial charge is 0.462 e. The van der Waals surface area contributed by atoms with Crippen molar-refractivity contribution in [3.05, 3.63) is 29.5 Å². The second-order valence-corrected chi connectivity index (χ2v) is 6.24. The first-order valence-electron chi connectivity index (χ1n) is 7.68. The smallest absolute Gasteiger partial charge is 0.358 e. The molecule has 0 unspecified atom stereocenters. The van der Waals surface area contributed by atoms with Gasteiger partial charge in [-0.05, 0) is 25.0 Å². The molecule has 1 saturated heterocycles. The summed E-state index contributed by atoms with van der Waals surface area (Å²) in [4.78, 5) is 30.1. The monoisotopic (exact) mass is 334 g/mol. The van der Waals surface area contributed by atoms with Crippen LogP contribution in [-0.4, -0.2) is 41.5 Å². The van der Waals surface area contributed by atoms with Crippen LogP contribution in [0.25, 0.3) is 10.8 Å². The number of hydrogen-bond donors (Lipinski definition) is 0. The minimum absolute atomic E-state index is 0.137. The Labute approximate surface area is 138 Å². The molecule has 1 amide bonds. The minimum atomic E-state index is -0.581. The Morgan fingerprint density at radius 2 is 2.04 bits per heavy atom. The molecular formula is C16H18N2O4S. The number of rotatable bonds is 4. The average molecular weight is 334 g/mol. The van der Waals surface area contributed by atoms with Gasteiger partial charge in [-0.3, -0.25) is 4.79 Å². The molecule has 0 aromatic carbocycles. The topological polar surface area (TPSA) is 72.6 Å². The first-order valence-corrected chi connectivity index (χ1v) is 8.56.